The fraction of sp³-hybridized carbons (Fsp3) is 0.286. The highest BCUT2D eigenvalue weighted by Gasteiger charge is 2.22. The van der Waals surface area contributed by atoms with Crippen LogP contribution in [-0.4, -0.2) is 38.8 Å². The van der Waals surface area contributed by atoms with Gasteiger partial charge >= 0.3 is 0 Å². The van der Waals surface area contributed by atoms with Crippen LogP contribution in [0.15, 0.2) is 71.9 Å². The Bertz CT molecular complexity index is 1210. The number of aryl methyl sites for hydroxylation is 1. The van der Waals surface area contributed by atoms with Crippen molar-refractivity contribution in [1.29, 1.82) is 0 Å². The quantitative estimate of drug-likeness (QED) is 0.241. The van der Waals surface area contributed by atoms with Crippen LogP contribution in [0.2, 0.25) is 0 Å². The molecule has 6 heteroatoms. The monoisotopic (exact) mass is 471 g/mol. The van der Waals surface area contributed by atoms with Gasteiger partial charge in [-0.3, -0.25) is 4.79 Å². The van der Waals surface area contributed by atoms with Gasteiger partial charge in [0.1, 0.15) is 0 Å². The van der Waals surface area contributed by atoms with Crippen LogP contribution in [0, 0.1) is 13.8 Å². The molecule has 1 aliphatic heterocycles. The smallest absolute Gasteiger partial charge is 0.175 e. The minimum atomic E-state index is 0.121. The third-order valence-electron chi connectivity index (χ3n) is 6.42. The first-order valence-corrected chi connectivity index (χ1v) is 12.7. The Morgan fingerprint density at radius 1 is 1.09 bits per heavy atom. The zero-order chi connectivity index (χ0) is 23.5. The van der Waals surface area contributed by atoms with Gasteiger partial charge in [0, 0.05) is 41.2 Å². The number of carbonyl (C=O) groups is 1. The largest absolute Gasteiger partial charge is 0.376 e. The second-order valence-corrected chi connectivity index (χ2v) is 9.70. The van der Waals surface area contributed by atoms with E-state index < -0.39 is 0 Å². The van der Waals surface area contributed by atoms with Crippen LogP contribution in [0.1, 0.15) is 34.6 Å². The number of Topliss-reactive ketones (excluding diaryl/α,β-unsaturated/α-hetero) is 1. The molecule has 0 amide bonds. The average Bonchev–Trinajstić information content (AvgIpc) is 3.60. The van der Waals surface area contributed by atoms with Crippen molar-refractivity contribution in [2.75, 3.05) is 12.4 Å². The second kappa shape index (κ2) is 10.0. The number of hydrogen-bond acceptors (Lipinski definition) is 4. The molecule has 0 unspecified atom stereocenters. The first-order valence-electron chi connectivity index (χ1n) is 11.8. The number of carbonyl (C=O) groups excluding carboxylic acids is 1. The molecule has 5 nitrogen and oxygen atoms in total. The molecule has 4 aromatic rings. The lowest BCUT2D eigenvalue weighted by molar-refractivity contribution is 0.0957. The molecule has 2 aromatic heterocycles. The van der Waals surface area contributed by atoms with E-state index in [1.165, 1.54) is 11.8 Å². The van der Waals surface area contributed by atoms with Gasteiger partial charge in [-0.15, -0.1) is 0 Å². The first-order chi connectivity index (χ1) is 16.6. The van der Waals surface area contributed by atoms with E-state index in [-0.39, 0.29) is 11.9 Å². The van der Waals surface area contributed by atoms with Gasteiger partial charge in [-0.2, -0.15) is 0 Å². The normalized spacial score (nSPS) is 15.6. The van der Waals surface area contributed by atoms with E-state index in [1.807, 2.05) is 49.4 Å². The maximum Gasteiger partial charge on any atom is 0.175 e. The van der Waals surface area contributed by atoms with Crippen molar-refractivity contribution in [3.63, 3.8) is 0 Å². The number of hydrogen-bond donors (Lipinski definition) is 1. The maximum absolute atomic E-state index is 13.2. The van der Waals surface area contributed by atoms with Crippen LogP contribution < -0.4 is 0 Å². The predicted molar refractivity (Wildman–Crippen MR) is 137 cm³/mol. The SMILES string of the molecule is Cc1cc(C(=O)CSc2nc(-c3ccccc3)c(-c3ccccc3)[nH]2)c(C)n1C[C@H]1CCCO1. The van der Waals surface area contributed by atoms with Crippen molar-refractivity contribution in [3.8, 4) is 22.5 Å². The predicted octanol–water partition coefficient (Wildman–Crippen LogP) is 6.32. The average molecular weight is 472 g/mol. The molecule has 0 aliphatic carbocycles. The van der Waals surface area contributed by atoms with Crippen molar-refractivity contribution < 1.29 is 9.53 Å². The lowest BCUT2D eigenvalue weighted by atomic mass is 10.1. The minimum Gasteiger partial charge on any atom is -0.376 e. The number of rotatable bonds is 8. The van der Waals surface area contributed by atoms with Crippen LogP contribution in [0.5, 0.6) is 0 Å². The fourth-order valence-corrected chi connectivity index (χ4v) is 5.36. The van der Waals surface area contributed by atoms with E-state index in [0.717, 1.165) is 70.6 Å². The first kappa shape index (κ1) is 22.7. The lowest BCUT2D eigenvalue weighted by Gasteiger charge is -2.14. The van der Waals surface area contributed by atoms with Gasteiger partial charge in [0.2, 0.25) is 0 Å². The Morgan fingerprint density at radius 2 is 1.79 bits per heavy atom. The molecule has 34 heavy (non-hydrogen) atoms. The van der Waals surface area contributed by atoms with Crippen LogP contribution in [0.25, 0.3) is 22.5 Å². The summed E-state index contributed by atoms with van der Waals surface area (Å²) in [6.07, 6.45) is 2.45. The lowest BCUT2D eigenvalue weighted by Crippen LogP contribution is -2.17. The molecule has 1 N–H and O–H groups in total. The minimum absolute atomic E-state index is 0.121. The molecule has 0 saturated carbocycles. The number of aromatic amines is 1. The molecular formula is C28H29N3O2S. The Kier molecular flexibility index (Phi) is 6.70. The van der Waals surface area contributed by atoms with Gasteiger partial charge in [0.25, 0.3) is 0 Å². The fourth-order valence-electron chi connectivity index (χ4n) is 4.61. The highest BCUT2D eigenvalue weighted by Crippen LogP contribution is 2.33. The van der Waals surface area contributed by atoms with E-state index in [9.17, 15) is 4.79 Å². The van der Waals surface area contributed by atoms with E-state index in [1.54, 1.807) is 0 Å². The molecule has 1 atom stereocenters. The number of benzene rings is 2. The summed E-state index contributed by atoms with van der Waals surface area (Å²) >= 11 is 1.45. The summed E-state index contributed by atoms with van der Waals surface area (Å²) in [4.78, 5) is 21.5. The van der Waals surface area contributed by atoms with Crippen molar-refractivity contribution >= 4 is 17.5 Å². The Hall–Kier alpha value is -3.09. The highest BCUT2D eigenvalue weighted by molar-refractivity contribution is 7.99. The third kappa shape index (κ3) is 4.74. The van der Waals surface area contributed by atoms with Gasteiger partial charge < -0.3 is 14.3 Å². The number of nitrogens with one attached hydrogen (secondary N) is 1. The van der Waals surface area contributed by atoms with Crippen LogP contribution in [0.3, 0.4) is 0 Å². The summed E-state index contributed by atoms with van der Waals surface area (Å²) < 4.78 is 8.03. The molecular weight excluding hydrogens is 442 g/mol. The molecule has 0 spiro atoms. The summed E-state index contributed by atoms with van der Waals surface area (Å²) in [5.74, 6) is 0.454. The molecule has 5 rings (SSSR count). The number of ether oxygens (including phenoxy) is 1. The third-order valence-corrected chi connectivity index (χ3v) is 7.29. The molecule has 0 radical (unpaired) electrons. The molecule has 1 saturated heterocycles. The van der Waals surface area contributed by atoms with Crippen molar-refractivity contribution in [2.24, 2.45) is 0 Å². The second-order valence-electron chi connectivity index (χ2n) is 8.74. The van der Waals surface area contributed by atoms with E-state index >= 15 is 0 Å². The van der Waals surface area contributed by atoms with Crippen LogP contribution >= 0.6 is 11.8 Å². The van der Waals surface area contributed by atoms with Crippen molar-refractivity contribution in [1.82, 2.24) is 14.5 Å². The topological polar surface area (TPSA) is 59.9 Å². The van der Waals surface area contributed by atoms with Gasteiger partial charge in [0.15, 0.2) is 10.9 Å². The Labute approximate surface area is 204 Å². The molecule has 1 aliphatic rings. The number of H-pyrrole nitrogens is 1. The Balaban J connectivity index is 1.35. The molecule has 1 fully saturated rings. The summed E-state index contributed by atoms with van der Waals surface area (Å²) in [7, 11) is 0. The summed E-state index contributed by atoms with van der Waals surface area (Å²) in [6.45, 7) is 5.76. The molecule has 3 heterocycles. The van der Waals surface area contributed by atoms with E-state index in [2.05, 4.69) is 40.7 Å². The number of imidazole rings is 1. The standard InChI is InChI=1S/C28H29N3O2S/c1-19-16-24(20(2)31(19)17-23-14-9-15-33-23)25(32)18-34-28-29-26(21-10-5-3-6-11-21)27(30-28)22-12-7-4-8-13-22/h3-8,10-13,16,23H,9,14-15,17-18H2,1-2H3,(H,29,30)/t23-/m1/s1. The van der Waals surface area contributed by atoms with Crippen molar-refractivity contribution in [3.05, 3.63) is 83.7 Å². The summed E-state index contributed by atoms with van der Waals surface area (Å²) in [5.41, 5.74) is 6.91. The van der Waals surface area contributed by atoms with E-state index in [0.29, 0.717) is 5.75 Å². The molecule has 0 bridgehead atoms. The van der Waals surface area contributed by atoms with Crippen LogP contribution in [0.4, 0.5) is 0 Å². The molecule has 174 valence electrons. The van der Waals surface area contributed by atoms with Gasteiger partial charge in [0.05, 0.1) is 23.2 Å². The highest BCUT2D eigenvalue weighted by atomic mass is 32.2. The Morgan fingerprint density at radius 3 is 2.47 bits per heavy atom. The molecule has 2 aromatic carbocycles. The zero-order valence-corrected chi connectivity index (χ0v) is 20.4. The summed E-state index contributed by atoms with van der Waals surface area (Å²) in [5, 5.41) is 0.749. The number of nitrogens with zero attached hydrogens (tertiary/aromatic N) is 2. The van der Waals surface area contributed by atoms with Crippen molar-refractivity contribution in [2.45, 2.75) is 44.5 Å². The maximum atomic E-state index is 13.2. The number of ketones is 1. The number of aromatic nitrogens is 3. The zero-order valence-electron chi connectivity index (χ0n) is 19.6. The summed E-state index contributed by atoms with van der Waals surface area (Å²) in [6, 6.07) is 22.4. The van der Waals surface area contributed by atoms with E-state index in [4.69, 9.17) is 9.72 Å². The van der Waals surface area contributed by atoms with Gasteiger partial charge in [-0.25, -0.2) is 4.98 Å². The van der Waals surface area contributed by atoms with Crippen LogP contribution in [-0.2, 0) is 11.3 Å². The van der Waals surface area contributed by atoms with Gasteiger partial charge in [-0.05, 0) is 32.8 Å². The van der Waals surface area contributed by atoms with Gasteiger partial charge in [-0.1, -0.05) is 72.4 Å². The number of thioether (sulfide) groups is 1.